The van der Waals surface area contributed by atoms with Crippen molar-refractivity contribution < 1.29 is 19.3 Å². The van der Waals surface area contributed by atoms with E-state index in [0.717, 1.165) is 16.9 Å². The zero-order chi connectivity index (χ0) is 33.1. The number of aromatic nitrogens is 2. The molecule has 13 heteroatoms. The fraction of sp³-hybridized carbons (Fsp3) is 0.182. The highest BCUT2D eigenvalue weighted by molar-refractivity contribution is 9.10. The van der Waals surface area contributed by atoms with Crippen molar-refractivity contribution in [3.8, 4) is 22.9 Å². The largest absolute Gasteiger partial charge is 0.496 e. The number of hydrogen-bond acceptors (Lipinski definition) is 9. The Bertz CT molecular complexity index is 2070. The molecular formula is C33H28BrN5O7. The summed E-state index contributed by atoms with van der Waals surface area (Å²) in [5.74, 6) is 1.12. The van der Waals surface area contributed by atoms with Crippen molar-refractivity contribution in [3.63, 3.8) is 0 Å². The second kappa shape index (κ2) is 13.3. The van der Waals surface area contributed by atoms with Crippen LogP contribution in [0.4, 0.5) is 11.4 Å². The van der Waals surface area contributed by atoms with Crippen LogP contribution in [0.2, 0.25) is 0 Å². The molecule has 0 spiro atoms. The first kappa shape index (κ1) is 32.0. The molecule has 1 heterocycles. The van der Waals surface area contributed by atoms with Gasteiger partial charge in [0.2, 0.25) is 5.75 Å². The molecule has 0 unspecified atom stereocenters. The molecule has 1 aromatic heterocycles. The Balaban J connectivity index is 1.57. The molecule has 0 saturated heterocycles. The van der Waals surface area contributed by atoms with Crippen molar-refractivity contribution >= 4 is 44.4 Å². The summed E-state index contributed by atoms with van der Waals surface area (Å²) < 4.78 is 12.8. The number of aryl methyl sites for hydroxylation is 1. The molecule has 0 radical (unpaired) electrons. The predicted octanol–water partition coefficient (Wildman–Crippen LogP) is 7.54. The van der Waals surface area contributed by atoms with Crippen LogP contribution in [0.5, 0.6) is 11.5 Å². The number of nitro groups is 2. The van der Waals surface area contributed by atoms with Gasteiger partial charge in [-0.15, -0.1) is 0 Å². The Morgan fingerprint density at radius 1 is 1.02 bits per heavy atom. The van der Waals surface area contributed by atoms with Crippen molar-refractivity contribution in [2.45, 2.75) is 33.3 Å². The van der Waals surface area contributed by atoms with Crippen molar-refractivity contribution in [2.75, 3.05) is 7.11 Å². The lowest BCUT2D eigenvalue weighted by Crippen LogP contribution is -2.20. The number of rotatable bonds is 10. The zero-order valence-corrected chi connectivity index (χ0v) is 26.8. The third-order valence-corrected chi connectivity index (χ3v) is 7.88. The van der Waals surface area contributed by atoms with Crippen LogP contribution in [-0.4, -0.2) is 32.8 Å². The van der Waals surface area contributed by atoms with E-state index in [-0.39, 0.29) is 34.1 Å². The second-order valence-corrected chi connectivity index (χ2v) is 11.6. The molecule has 0 fully saturated rings. The molecule has 0 N–H and O–H groups in total. The predicted molar refractivity (Wildman–Crippen MR) is 178 cm³/mol. The fourth-order valence-corrected chi connectivity index (χ4v) is 5.50. The second-order valence-electron chi connectivity index (χ2n) is 10.7. The molecule has 234 valence electrons. The van der Waals surface area contributed by atoms with Crippen molar-refractivity contribution in [2.24, 2.45) is 5.10 Å². The molecule has 0 aliphatic rings. The van der Waals surface area contributed by atoms with Gasteiger partial charge in [0.1, 0.15) is 12.4 Å². The Hall–Kier alpha value is -5.43. The summed E-state index contributed by atoms with van der Waals surface area (Å²) in [5, 5.41) is 27.8. The number of benzene rings is 4. The molecule has 5 rings (SSSR count). The first-order chi connectivity index (χ1) is 22.0. The Labute approximate surface area is 271 Å². The van der Waals surface area contributed by atoms with E-state index in [9.17, 15) is 25.0 Å². The van der Waals surface area contributed by atoms with Crippen LogP contribution in [0.3, 0.4) is 0 Å². The molecule has 0 saturated carbocycles. The lowest BCUT2D eigenvalue weighted by atomic mass is 9.96. The van der Waals surface area contributed by atoms with Gasteiger partial charge in [0, 0.05) is 29.3 Å². The average molecular weight is 687 g/mol. The highest BCUT2D eigenvalue weighted by atomic mass is 79.9. The molecule has 12 nitrogen and oxygen atoms in total. The monoisotopic (exact) mass is 685 g/mol. The van der Waals surface area contributed by atoms with Crippen molar-refractivity contribution in [3.05, 3.63) is 130 Å². The summed E-state index contributed by atoms with van der Waals surface area (Å²) in [6.45, 7) is 5.92. The number of halogens is 1. The first-order valence-electron chi connectivity index (χ1n) is 14.1. The van der Waals surface area contributed by atoms with E-state index in [1.807, 2.05) is 32.9 Å². The number of methoxy groups -OCH3 is 1. The van der Waals surface area contributed by atoms with Gasteiger partial charge in [-0.05, 0) is 87.9 Å². The van der Waals surface area contributed by atoms with Crippen LogP contribution in [0.25, 0.3) is 22.3 Å². The van der Waals surface area contributed by atoms with Crippen LogP contribution in [0, 0.1) is 27.2 Å². The van der Waals surface area contributed by atoms with Gasteiger partial charge in [-0.2, -0.15) is 9.78 Å². The van der Waals surface area contributed by atoms with Crippen LogP contribution in [0.1, 0.15) is 42.0 Å². The van der Waals surface area contributed by atoms with E-state index in [2.05, 4.69) is 21.0 Å². The molecule has 4 aromatic carbocycles. The smallest absolute Gasteiger partial charge is 0.312 e. The standard InChI is InChI=1S/C33H28BrN5O7/c1-19(2)25-16-26(20(3)13-30(25)45-4)32-36-28-8-6-5-7-24(28)33(40)37(32)35-17-22-14-27(34)31(29(15-22)39(43)44)46-18-21-9-11-23(12-10-21)38(41)42/h5-17,19H,18H2,1-4H3. The number of non-ortho nitro benzene ring substituents is 1. The molecule has 46 heavy (non-hydrogen) atoms. The summed E-state index contributed by atoms with van der Waals surface area (Å²) in [4.78, 5) is 40.5. The minimum Gasteiger partial charge on any atom is -0.496 e. The van der Waals surface area contributed by atoms with E-state index in [4.69, 9.17) is 14.5 Å². The minimum atomic E-state index is -0.587. The molecule has 0 atom stereocenters. The topological polar surface area (TPSA) is 152 Å². The van der Waals surface area contributed by atoms with E-state index in [1.54, 1.807) is 37.4 Å². The van der Waals surface area contributed by atoms with Gasteiger partial charge in [-0.25, -0.2) is 4.98 Å². The summed E-state index contributed by atoms with van der Waals surface area (Å²) in [6.07, 6.45) is 1.35. The molecule has 0 bridgehead atoms. The van der Waals surface area contributed by atoms with Crippen LogP contribution in [0.15, 0.2) is 87.2 Å². The van der Waals surface area contributed by atoms with Gasteiger partial charge >= 0.3 is 5.69 Å². The maximum Gasteiger partial charge on any atom is 0.312 e. The third kappa shape index (κ3) is 6.49. The Morgan fingerprint density at radius 2 is 1.74 bits per heavy atom. The molecule has 0 aliphatic carbocycles. The summed E-state index contributed by atoms with van der Waals surface area (Å²) in [6, 6.07) is 19.4. The first-order valence-corrected chi connectivity index (χ1v) is 14.9. The average Bonchev–Trinajstić information content (AvgIpc) is 3.03. The van der Waals surface area contributed by atoms with Crippen LogP contribution < -0.4 is 15.0 Å². The number of hydrogen-bond donors (Lipinski definition) is 0. The highest BCUT2D eigenvalue weighted by Crippen LogP contribution is 2.37. The number of ether oxygens (including phenoxy) is 2. The fourth-order valence-electron chi connectivity index (χ4n) is 4.92. The minimum absolute atomic E-state index is 0.0270. The quantitative estimate of drug-likeness (QED) is 0.0830. The van der Waals surface area contributed by atoms with Gasteiger partial charge in [-0.3, -0.25) is 25.0 Å². The van der Waals surface area contributed by atoms with E-state index < -0.39 is 15.4 Å². The third-order valence-electron chi connectivity index (χ3n) is 7.29. The van der Waals surface area contributed by atoms with Crippen molar-refractivity contribution in [1.82, 2.24) is 9.66 Å². The number of para-hydroxylation sites is 1. The van der Waals surface area contributed by atoms with Gasteiger partial charge in [0.05, 0.1) is 38.5 Å². The zero-order valence-electron chi connectivity index (χ0n) is 25.3. The summed E-state index contributed by atoms with van der Waals surface area (Å²) >= 11 is 3.37. The molecule has 5 aromatic rings. The molecular weight excluding hydrogens is 658 g/mol. The summed E-state index contributed by atoms with van der Waals surface area (Å²) in [5.41, 5.74) is 3.03. The highest BCUT2D eigenvalue weighted by Gasteiger charge is 2.22. The summed E-state index contributed by atoms with van der Waals surface area (Å²) in [7, 11) is 1.61. The van der Waals surface area contributed by atoms with E-state index in [1.165, 1.54) is 41.2 Å². The number of nitrogens with zero attached hydrogens (tertiary/aromatic N) is 5. The lowest BCUT2D eigenvalue weighted by Gasteiger charge is -2.17. The Morgan fingerprint density at radius 3 is 2.39 bits per heavy atom. The van der Waals surface area contributed by atoms with Crippen LogP contribution >= 0.6 is 15.9 Å². The lowest BCUT2D eigenvalue weighted by molar-refractivity contribution is -0.386. The number of fused-ring (bicyclic) bond motifs is 1. The number of nitro benzene ring substituents is 2. The normalized spacial score (nSPS) is 11.3. The van der Waals surface area contributed by atoms with Gasteiger partial charge in [0.15, 0.2) is 5.82 Å². The van der Waals surface area contributed by atoms with E-state index in [0.29, 0.717) is 33.4 Å². The Kier molecular flexibility index (Phi) is 9.23. The van der Waals surface area contributed by atoms with E-state index >= 15 is 0 Å². The van der Waals surface area contributed by atoms with Gasteiger partial charge in [0.25, 0.3) is 11.2 Å². The maximum absolute atomic E-state index is 13.8. The molecule has 0 amide bonds. The van der Waals surface area contributed by atoms with Crippen LogP contribution in [-0.2, 0) is 6.61 Å². The molecule has 0 aliphatic heterocycles. The SMILES string of the molecule is COc1cc(C)c(-c2nc3ccccc3c(=O)n2N=Cc2cc(Br)c(OCc3ccc([N+](=O)[O-])cc3)c([N+](=O)[O-])c2)cc1C(C)C. The maximum atomic E-state index is 13.8. The van der Waals surface area contributed by atoms with Gasteiger partial charge < -0.3 is 9.47 Å². The van der Waals surface area contributed by atoms with Gasteiger partial charge in [-0.1, -0.05) is 26.0 Å². The van der Waals surface area contributed by atoms with Crippen molar-refractivity contribution in [1.29, 1.82) is 0 Å².